The summed E-state index contributed by atoms with van der Waals surface area (Å²) < 4.78 is 0. The Hall–Kier alpha value is -12.1. The van der Waals surface area contributed by atoms with Crippen LogP contribution < -0.4 is 87.6 Å². The molecule has 24 N–H and O–H groups in total. The summed E-state index contributed by atoms with van der Waals surface area (Å²) >= 11 is 0. The van der Waals surface area contributed by atoms with Gasteiger partial charge in [0.2, 0.25) is 70.9 Å². The van der Waals surface area contributed by atoms with Gasteiger partial charge in [-0.25, -0.2) is 0 Å². The van der Waals surface area contributed by atoms with E-state index in [0.29, 0.717) is 63.9 Å². The second-order valence-corrected chi connectivity index (χ2v) is 27.0. The van der Waals surface area contributed by atoms with E-state index in [1.165, 1.54) is 0 Å². The van der Waals surface area contributed by atoms with Crippen LogP contribution in [0.2, 0.25) is 0 Å². The second kappa shape index (κ2) is 44.8. The van der Waals surface area contributed by atoms with Crippen molar-refractivity contribution < 1.29 is 62.6 Å². The van der Waals surface area contributed by atoms with E-state index >= 15 is 9.59 Å². The number of unbranched alkanes of at least 4 members (excludes halogenated alkanes) is 1. The lowest BCUT2D eigenvalue weighted by Crippen LogP contribution is -2.60. The normalized spacial score (nSPS) is 13.7. The first kappa shape index (κ1) is 85.9. The molecule has 0 aliphatic rings. The monoisotopic (exact) mass is 1500 g/mol. The Morgan fingerprint density at radius 2 is 0.706 bits per heavy atom. The van der Waals surface area contributed by atoms with Crippen LogP contribution in [0.3, 0.4) is 0 Å². The van der Waals surface area contributed by atoms with Crippen molar-refractivity contribution in [1.82, 2.24) is 53.2 Å². The van der Waals surface area contributed by atoms with Gasteiger partial charge in [0.05, 0.1) is 6.04 Å². The highest BCUT2D eigenvalue weighted by atomic mass is 16.3. The van der Waals surface area contributed by atoms with E-state index in [9.17, 15) is 53.1 Å². The first-order chi connectivity index (χ1) is 52.1. The van der Waals surface area contributed by atoms with Crippen molar-refractivity contribution in [3.63, 3.8) is 0 Å². The van der Waals surface area contributed by atoms with Gasteiger partial charge in [0.25, 0.3) is 0 Å². The number of amides is 12. The standard InChI is InChI=1S/C79H103N17O13/c1-48-39-56(97)40-49(2)57(48)47-58(81)71(102)91-60(32-20-38-87-79(85)86)73(104)94-66(45-54-29-16-7-17-30-54)78(109)96-65(44-53-27-14-6-15-28-53)77(108)92-61(33-35-67(82)98)72(103)88-55(41-50-21-8-3-9-22-50)46-69(100)89-63(42-51-23-10-4-11-24-51)75(106)93-62(34-36-68(83)99)74(105)95-64(43-52-25-12-5-13-26-52)76(107)90-59(70(84)101)31-18-19-37-80/h3-17,21-30,39-40,55,58-66,97H,18-20,31-38,41-47,80-81H2,1-2H3,(H2,82,98)(H2,83,99)(H2,84,101)(H,88,103)(H,89,100)(H,90,107)(H,91,102)(H,92,108)(H,93,106)(H,94,104)(H,95,105)(H,96,109)(H4,85,86,87)/t55-,58-,59-,60+,61-,62-,63-,64-,65-,66-/m0/s1. The summed E-state index contributed by atoms with van der Waals surface area (Å²) in [6, 6.07) is 32.6. The highest BCUT2D eigenvalue weighted by Gasteiger charge is 2.36. The zero-order chi connectivity index (χ0) is 79.4. The molecule has 30 heteroatoms. The van der Waals surface area contributed by atoms with E-state index in [0.717, 1.165) is 0 Å². The Bertz CT molecular complexity index is 4010. The van der Waals surface area contributed by atoms with Crippen molar-refractivity contribution in [2.24, 2.45) is 34.4 Å². The molecule has 0 aliphatic carbocycles. The van der Waals surface area contributed by atoms with E-state index in [-0.39, 0.29) is 88.9 Å². The third kappa shape index (κ3) is 30.8. The quantitative estimate of drug-likeness (QED) is 0.0138. The third-order valence-corrected chi connectivity index (χ3v) is 18.1. The molecular formula is C79H103N17O13. The van der Waals surface area contributed by atoms with Crippen LogP contribution in [0, 0.1) is 19.3 Å². The summed E-state index contributed by atoms with van der Waals surface area (Å²) in [5.74, 6) is -10.3. The van der Waals surface area contributed by atoms with Gasteiger partial charge in [0.1, 0.15) is 54.1 Å². The van der Waals surface area contributed by atoms with Gasteiger partial charge in [-0.2, -0.15) is 0 Å². The summed E-state index contributed by atoms with van der Waals surface area (Å²) in [6.45, 7) is 3.99. The summed E-state index contributed by atoms with van der Waals surface area (Å²) in [6.07, 6.45) is -1.30. The van der Waals surface area contributed by atoms with Crippen molar-refractivity contribution >= 4 is 76.8 Å². The fourth-order valence-electron chi connectivity index (χ4n) is 12.3. The Balaban J connectivity index is 1.27. The fraction of sp³-hybridized carbons (Fsp3) is 0.380. The van der Waals surface area contributed by atoms with Crippen molar-refractivity contribution in [3.8, 4) is 5.75 Å². The molecule has 0 saturated carbocycles. The number of guanidine groups is 1. The molecule has 10 atom stereocenters. The van der Waals surface area contributed by atoms with Crippen LogP contribution in [-0.4, -0.2) is 155 Å². The number of benzene rings is 6. The SMILES string of the molecule is Cc1cc(O)cc(C)c1C[C@H](N)C(=O)N[C@H](CCCNC(=N)N)C(=O)N[C@@H](Cc1ccccc1)C(=O)N[C@@H](Cc1ccccc1)C(=O)N[C@@H](CCC(N)=O)C(=O)N[C@H](CC(=O)N[C@@H](Cc1ccccc1)C(=O)N[C@@H](CCC(N)=O)C(=O)N[C@@H](Cc1ccccc1)C(=O)N[C@@H](CCCCN)C(N)=O)Cc1ccccc1. The van der Waals surface area contributed by atoms with E-state index in [1.54, 1.807) is 178 Å². The molecular weight excluding hydrogens is 1390 g/mol. The average Bonchev–Trinajstić information content (AvgIpc) is 0.843. The van der Waals surface area contributed by atoms with Gasteiger partial charge in [-0.15, -0.1) is 0 Å². The number of carbonyl (C=O) groups is 12. The molecule has 0 radical (unpaired) electrons. The molecule has 12 amide bonds. The second-order valence-electron chi connectivity index (χ2n) is 27.0. The number of nitrogens with two attached hydrogens (primary N) is 6. The Morgan fingerprint density at radius 1 is 0.385 bits per heavy atom. The predicted octanol–water partition coefficient (Wildman–Crippen LogP) is 0.254. The fourth-order valence-corrected chi connectivity index (χ4v) is 12.3. The summed E-state index contributed by atoms with van der Waals surface area (Å²) in [4.78, 5) is 169. The number of nitrogens with one attached hydrogen (secondary N) is 11. The van der Waals surface area contributed by atoms with Crippen LogP contribution in [0.1, 0.15) is 109 Å². The molecule has 0 unspecified atom stereocenters. The summed E-state index contributed by atoms with van der Waals surface area (Å²) in [7, 11) is 0. The van der Waals surface area contributed by atoms with Gasteiger partial charge >= 0.3 is 0 Å². The van der Waals surface area contributed by atoms with Crippen LogP contribution in [0.25, 0.3) is 0 Å². The zero-order valence-corrected chi connectivity index (χ0v) is 61.4. The zero-order valence-electron chi connectivity index (χ0n) is 61.4. The molecule has 6 aromatic carbocycles. The Labute approximate surface area is 633 Å². The van der Waals surface area contributed by atoms with Crippen molar-refractivity contribution in [3.05, 3.63) is 208 Å². The van der Waals surface area contributed by atoms with Crippen LogP contribution in [0.4, 0.5) is 0 Å². The largest absolute Gasteiger partial charge is 0.508 e. The van der Waals surface area contributed by atoms with Gasteiger partial charge in [-0.05, 0) is 135 Å². The molecule has 0 aliphatic heterocycles. The molecule has 0 saturated heterocycles. The number of aryl methyl sites for hydroxylation is 2. The molecule has 0 aromatic heterocycles. The maximum atomic E-state index is 15.1. The lowest BCUT2D eigenvalue weighted by Gasteiger charge is -2.28. The number of phenols is 1. The molecule has 0 bridgehead atoms. The summed E-state index contributed by atoms with van der Waals surface area (Å²) in [5, 5.41) is 45.1. The minimum Gasteiger partial charge on any atom is -0.508 e. The van der Waals surface area contributed by atoms with E-state index < -0.39 is 151 Å². The van der Waals surface area contributed by atoms with Crippen LogP contribution in [0.15, 0.2) is 164 Å². The van der Waals surface area contributed by atoms with Gasteiger partial charge < -0.3 is 92.7 Å². The Morgan fingerprint density at radius 3 is 1.07 bits per heavy atom. The molecule has 0 spiro atoms. The lowest BCUT2D eigenvalue weighted by atomic mass is 9.95. The topological polar surface area (TPSA) is 525 Å². The smallest absolute Gasteiger partial charge is 0.243 e. The molecule has 0 heterocycles. The molecule has 582 valence electrons. The lowest BCUT2D eigenvalue weighted by molar-refractivity contribution is -0.135. The first-order valence-electron chi connectivity index (χ1n) is 36.2. The average molecular weight is 1500 g/mol. The minimum atomic E-state index is -1.57. The molecule has 109 heavy (non-hydrogen) atoms. The Kier molecular flexibility index (Phi) is 35.3. The number of carbonyl (C=O) groups excluding carboxylic acids is 12. The van der Waals surface area contributed by atoms with E-state index in [2.05, 4.69) is 53.2 Å². The first-order valence-corrected chi connectivity index (χ1v) is 36.2. The third-order valence-electron chi connectivity index (χ3n) is 18.1. The maximum Gasteiger partial charge on any atom is 0.243 e. The van der Waals surface area contributed by atoms with Crippen molar-refractivity contribution in [1.29, 1.82) is 5.41 Å². The highest BCUT2D eigenvalue weighted by molar-refractivity contribution is 5.98. The number of hydrogen-bond acceptors (Lipinski definition) is 16. The van der Waals surface area contributed by atoms with Crippen molar-refractivity contribution in [2.45, 2.75) is 177 Å². The maximum absolute atomic E-state index is 15.1. The molecule has 0 fully saturated rings. The summed E-state index contributed by atoms with van der Waals surface area (Å²) in [5.41, 5.74) is 39.7. The van der Waals surface area contributed by atoms with Crippen LogP contribution in [0.5, 0.6) is 5.75 Å². The van der Waals surface area contributed by atoms with Crippen LogP contribution >= 0.6 is 0 Å². The van der Waals surface area contributed by atoms with Gasteiger partial charge in [-0.3, -0.25) is 62.9 Å². The van der Waals surface area contributed by atoms with E-state index in [4.69, 9.17) is 39.8 Å². The van der Waals surface area contributed by atoms with Crippen LogP contribution in [-0.2, 0) is 96.1 Å². The molecule has 6 rings (SSSR count). The number of primary amides is 3. The minimum absolute atomic E-state index is 0.0138. The van der Waals surface area contributed by atoms with Gasteiger partial charge in [0, 0.05) is 57.5 Å². The number of phenolic OH excluding ortho intramolecular Hbond substituents is 1. The van der Waals surface area contributed by atoms with Gasteiger partial charge in [-0.1, -0.05) is 152 Å². The van der Waals surface area contributed by atoms with E-state index in [1.807, 2.05) is 0 Å². The molecule has 30 nitrogen and oxygen atoms in total. The molecule has 6 aromatic rings. The van der Waals surface area contributed by atoms with Crippen molar-refractivity contribution in [2.75, 3.05) is 13.1 Å². The number of rotatable bonds is 46. The predicted molar refractivity (Wildman–Crippen MR) is 410 cm³/mol. The number of hydrogen-bond donors (Lipinski definition) is 18. The van der Waals surface area contributed by atoms with Gasteiger partial charge in [0.15, 0.2) is 5.96 Å². The number of aromatic hydroxyl groups is 1. The highest BCUT2D eigenvalue weighted by Crippen LogP contribution is 2.23.